The summed E-state index contributed by atoms with van der Waals surface area (Å²) in [6.45, 7) is 1.95. The van der Waals surface area contributed by atoms with Gasteiger partial charge in [-0.3, -0.25) is 4.79 Å². The summed E-state index contributed by atoms with van der Waals surface area (Å²) in [5.41, 5.74) is -0.0140. The van der Waals surface area contributed by atoms with Crippen molar-refractivity contribution in [3.63, 3.8) is 0 Å². The minimum Gasteiger partial charge on any atom is -0.294 e. The normalized spacial score (nSPS) is 10.2. The van der Waals surface area contributed by atoms with Crippen molar-refractivity contribution in [1.82, 2.24) is 0 Å². The number of Topliss-reactive ketones (excluding diaryl/α,β-unsaturated/α-hetero) is 1. The van der Waals surface area contributed by atoms with Gasteiger partial charge in [0.05, 0.1) is 5.56 Å². The topological polar surface area (TPSA) is 17.1 Å². The van der Waals surface area contributed by atoms with Crippen LogP contribution >= 0.6 is 0 Å². The van der Waals surface area contributed by atoms with E-state index >= 15 is 0 Å². The van der Waals surface area contributed by atoms with Crippen LogP contribution in [0.2, 0.25) is 0 Å². The highest BCUT2D eigenvalue weighted by molar-refractivity contribution is 5.96. The third-order valence-corrected chi connectivity index (χ3v) is 1.99. The summed E-state index contributed by atoms with van der Waals surface area (Å²) in [5, 5.41) is 0. The number of unbranched alkanes of at least 4 members (excludes halogenated alkanes) is 1. The first-order chi connectivity index (χ1) is 6.65. The van der Waals surface area contributed by atoms with Crippen molar-refractivity contribution in [2.75, 3.05) is 0 Å². The van der Waals surface area contributed by atoms with Crippen LogP contribution < -0.4 is 0 Å². The second-order valence-electron chi connectivity index (χ2n) is 3.15. The molecule has 0 aromatic heterocycles. The average molecular weight is 198 g/mol. The molecule has 0 radical (unpaired) electrons. The first kappa shape index (κ1) is 10.8. The summed E-state index contributed by atoms with van der Waals surface area (Å²) in [5.74, 6) is -1.69. The molecule has 0 atom stereocenters. The smallest absolute Gasteiger partial charge is 0.165 e. The number of rotatable bonds is 4. The predicted octanol–water partition coefficient (Wildman–Crippen LogP) is 3.34. The van der Waals surface area contributed by atoms with Gasteiger partial charge in [-0.25, -0.2) is 8.78 Å². The number of ketones is 1. The maximum atomic E-state index is 13.1. The molecular formula is C11H12F2O. The molecule has 14 heavy (non-hydrogen) atoms. The van der Waals surface area contributed by atoms with E-state index in [1.54, 1.807) is 0 Å². The molecule has 0 aliphatic carbocycles. The van der Waals surface area contributed by atoms with Gasteiger partial charge in [0.25, 0.3) is 0 Å². The fourth-order valence-electron chi connectivity index (χ4n) is 1.19. The second kappa shape index (κ2) is 4.84. The van der Waals surface area contributed by atoms with E-state index in [1.165, 1.54) is 6.07 Å². The van der Waals surface area contributed by atoms with Crippen molar-refractivity contribution in [3.8, 4) is 0 Å². The molecule has 1 aromatic rings. The Morgan fingerprint density at radius 3 is 2.64 bits per heavy atom. The Hall–Kier alpha value is -1.25. The summed E-state index contributed by atoms with van der Waals surface area (Å²) in [4.78, 5) is 11.4. The molecule has 1 aromatic carbocycles. The van der Waals surface area contributed by atoms with Crippen LogP contribution in [0.4, 0.5) is 8.78 Å². The summed E-state index contributed by atoms with van der Waals surface area (Å²) >= 11 is 0. The molecule has 1 nitrogen and oxygen atoms in total. The van der Waals surface area contributed by atoms with Crippen molar-refractivity contribution in [1.29, 1.82) is 0 Å². The zero-order valence-electron chi connectivity index (χ0n) is 8.02. The summed E-state index contributed by atoms with van der Waals surface area (Å²) in [6, 6.07) is 3.03. The Kier molecular flexibility index (Phi) is 3.74. The first-order valence-electron chi connectivity index (χ1n) is 4.63. The number of halogens is 2. The van der Waals surface area contributed by atoms with Gasteiger partial charge in [0.2, 0.25) is 0 Å². The van der Waals surface area contributed by atoms with Gasteiger partial charge in [-0.2, -0.15) is 0 Å². The van der Waals surface area contributed by atoms with E-state index in [-0.39, 0.29) is 11.3 Å². The van der Waals surface area contributed by atoms with E-state index in [2.05, 4.69) is 0 Å². The molecule has 76 valence electrons. The molecule has 1 rings (SSSR count). The van der Waals surface area contributed by atoms with Crippen LogP contribution in [0.1, 0.15) is 36.5 Å². The lowest BCUT2D eigenvalue weighted by Gasteiger charge is -2.01. The van der Waals surface area contributed by atoms with Crippen molar-refractivity contribution in [3.05, 3.63) is 35.4 Å². The summed E-state index contributed by atoms with van der Waals surface area (Å²) in [7, 11) is 0. The van der Waals surface area contributed by atoms with Gasteiger partial charge in [-0.1, -0.05) is 13.3 Å². The number of benzene rings is 1. The molecule has 0 aliphatic heterocycles. The minimum atomic E-state index is -0.772. The standard InChI is InChI=1S/C11H12F2O/c1-2-3-4-11(14)9-6-5-8(12)7-10(9)13/h5-7H,2-4H2,1H3. The maximum absolute atomic E-state index is 13.1. The Labute approximate surface area is 81.7 Å². The van der Waals surface area contributed by atoms with Gasteiger partial charge in [0.1, 0.15) is 11.6 Å². The lowest BCUT2D eigenvalue weighted by atomic mass is 10.1. The molecule has 0 spiro atoms. The van der Waals surface area contributed by atoms with E-state index < -0.39 is 11.6 Å². The molecule has 0 bridgehead atoms. The van der Waals surface area contributed by atoms with E-state index in [1.807, 2.05) is 6.92 Å². The summed E-state index contributed by atoms with van der Waals surface area (Å²) < 4.78 is 25.6. The fourth-order valence-corrected chi connectivity index (χ4v) is 1.19. The van der Waals surface area contributed by atoms with Gasteiger partial charge in [0, 0.05) is 12.5 Å². The van der Waals surface area contributed by atoms with E-state index in [4.69, 9.17) is 0 Å². The molecular weight excluding hydrogens is 186 g/mol. The van der Waals surface area contributed by atoms with Crippen molar-refractivity contribution in [2.24, 2.45) is 0 Å². The van der Waals surface area contributed by atoms with Crippen LogP contribution in [0.3, 0.4) is 0 Å². The summed E-state index contributed by atoms with van der Waals surface area (Å²) in [6.07, 6.45) is 1.93. The van der Waals surface area contributed by atoms with Crippen molar-refractivity contribution >= 4 is 5.78 Å². The van der Waals surface area contributed by atoms with Gasteiger partial charge in [-0.05, 0) is 18.6 Å². The zero-order chi connectivity index (χ0) is 10.6. The van der Waals surface area contributed by atoms with Crippen molar-refractivity contribution < 1.29 is 13.6 Å². The van der Waals surface area contributed by atoms with Crippen LogP contribution in [-0.2, 0) is 0 Å². The number of carbonyl (C=O) groups is 1. The SMILES string of the molecule is CCCCC(=O)c1ccc(F)cc1F. The lowest BCUT2D eigenvalue weighted by Crippen LogP contribution is -2.02. The van der Waals surface area contributed by atoms with Crippen LogP contribution in [0.25, 0.3) is 0 Å². The molecule has 0 amide bonds. The minimum absolute atomic E-state index is 0.0140. The van der Waals surface area contributed by atoms with Gasteiger partial charge in [-0.15, -0.1) is 0 Å². The number of carbonyl (C=O) groups excluding carboxylic acids is 1. The average Bonchev–Trinajstić information content (AvgIpc) is 2.14. The van der Waals surface area contributed by atoms with Crippen LogP contribution in [0.5, 0.6) is 0 Å². The highest BCUT2D eigenvalue weighted by atomic mass is 19.1. The second-order valence-corrected chi connectivity index (χ2v) is 3.15. The number of hydrogen-bond acceptors (Lipinski definition) is 1. The Bertz CT molecular complexity index is 334. The third kappa shape index (κ3) is 2.62. The van der Waals surface area contributed by atoms with Gasteiger partial charge >= 0.3 is 0 Å². The Balaban J connectivity index is 2.80. The van der Waals surface area contributed by atoms with Crippen LogP contribution in [0.15, 0.2) is 18.2 Å². The molecule has 3 heteroatoms. The zero-order valence-corrected chi connectivity index (χ0v) is 8.02. The van der Waals surface area contributed by atoms with Gasteiger partial charge in [0.15, 0.2) is 5.78 Å². The Morgan fingerprint density at radius 2 is 2.07 bits per heavy atom. The maximum Gasteiger partial charge on any atom is 0.165 e. The highest BCUT2D eigenvalue weighted by Crippen LogP contribution is 2.13. The van der Waals surface area contributed by atoms with Crippen LogP contribution in [0, 0.1) is 11.6 Å². The molecule has 0 aliphatic rings. The first-order valence-corrected chi connectivity index (χ1v) is 4.63. The molecule has 0 heterocycles. The monoisotopic (exact) mass is 198 g/mol. The van der Waals surface area contributed by atoms with Crippen molar-refractivity contribution in [2.45, 2.75) is 26.2 Å². The van der Waals surface area contributed by atoms with Gasteiger partial charge < -0.3 is 0 Å². The lowest BCUT2D eigenvalue weighted by molar-refractivity contribution is 0.0976. The molecule has 0 unspecified atom stereocenters. The van der Waals surface area contributed by atoms with Crippen LogP contribution in [-0.4, -0.2) is 5.78 Å². The van der Waals surface area contributed by atoms with E-state index in [0.717, 1.165) is 25.0 Å². The molecule has 0 saturated carbocycles. The fraction of sp³-hybridized carbons (Fsp3) is 0.364. The van der Waals surface area contributed by atoms with E-state index in [9.17, 15) is 13.6 Å². The molecule has 0 fully saturated rings. The quantitative estimate of drug-likeness (QED) is 0.678. The highest BCUT2D eigenvalue weighted by Gasteiger charge is 2.11. The Morgan fingerprint density at radius 1 is 1.36 bits per heavy atom. The largest absolute Gasteiger partial charge is 0.294 e. The van der Waals surface area contributed by atoms with E-state index in [0.29, 0.717) is 6.42 Å². The molecule has 0 N–H and O–H groups in total. The number of hydrogen-bond donors (Lipinski definition) is 0. The predicted molar refractivity (Wildman–Crippen MR) is 50.2 cm³/mol. The third-order valence-electron chi connectivity index (χ3n) is 1.99. The molecule has 0 saturated heterocycles.